The Kier molecular flexibility index (Phi) is 6.74. The smallest absolute Gasteiger partial charge is 0.341 e. The van der Waals surface area contributed by atoms with Crippen LogP contribution in [-0.4, -0.2) is 42.4 Å². The molecule has 1 aliphatic rings. The molecule has 0 spiro atoms. The minimum atomic E-state index is -0.855. The number of nitro benzene ring substituents is 1. The number of carbonyl (C=O) groups excluding carboxylic acids is 3. The standard InChI is InChI=1S/C21H21N3O6/c25-19(12-15-6-2-1-3-7-15)22-20(26)14-30-21(27)17-13-16(24(28)29)8-9-18(17)23-10-4-5-11-23/h1-3,6-9,13H,4-5,10-12,14H2,(H,22,25,26). The van der Waals surface area contributed by atoms with Crippen molar-refractivity contribution >= 4 is 29.2 Å². The maximum Gasteiger partial charge on any atom is 0.341 e. The van der Waals surface area contributed by atoms with Crippen molar-refractivity contribution in [1.29, 1.82) is 0 Å². The molecule has 9 nitrogen and oxygen atoms in total. The number of imide groups is 1. The van der Waals surface area contributed by atoms with E-state index in [9.17, 15) is 24.5 Å². The van der Waals surface area contributed by atoms with E-state index in [1.807, 2.05) is 11.0 Å². The van der Waals surface area contributed by atoms with Crippen LogP contribution in [0.25, 0.3) is 0 Å². The van der Waals surface area contributed by atoms with Crippen molar-refractivity contribution in [2.45, 2.75) is 19.3 Å². The van der Waals surface area contributed by atoms with Crippen molar-refractivity contribution in [1.82, 2.24) is 5.32 Å². The number of nitrogens with zero attached hydrogens (tertiary/aromatic N) is 2. The number of ether oxygens (including phenoxy) is 1. The van der Waals surface area contributed by atoms with Crippen LogP contribution in [0.3, 0.4) is 0 Å². The number of anilines is 1. The Labute approximate surface area is 172 Å². The van der Waals surface area contributed by atoms with E-state index in [-0.39, 0.29) is 17.7 Å². The highest BCUT2D eigenvalue weighted by Gasteiger charge is 2.24. The van der Waals surface area contributed by atoms with Gasteiger partial charge in [-0.05, 0) is 24.5 Å². The Morgan fingerprint density at radius 2 is 1.73 bits per heavy atom. The summed E-state index contributed by atoms with van der Waals surface area (Å²) in [5, 5.41) is 13.2. The lowest BCUT2D eigenvalue weighted by atomic mass is 10.1. The van der Waals surface area contributed by atoms with E-state index < -0.39 is 29.3 Å². The SMILES string of the molecule is O=C(COC(=O)c1cc([N+](=O)[O-])ccc1N1CCCC1)NC(=O)Cc1ccccc1. The van der Waals surface area contributed by atoms with Gasteiger partial charge in [0.25, 0.3) is 11.6 Å². The van der Waals surface area contributed by atoms with Crippen LogP contribution in [-0.2, 0) is 20.7 Å². The molecule has 0 saturated carbocycles. The van der Waals surface area contributed by atoms with Crippen LogP contribution in [0.4, 0.5) is 11.4 Å². The van der Waals surface area contributed by atoms with Crippen LogP contribution in [0.15, 0.2) is 48.5 Å². The van der Waals surface area contributed by atoms with Gasteiger partial charge in [-0.25, -0.2) is 4.79 Å². The van der Waals surface area contributed by atoms with E-state index in [1.165, 1.54) is 12.1 Å². The molecule has 2 amide bonds. The van der Waals surface area contributed by atoms with Crippen LogP contribution < -0.4 is 10.2 Å². The van der Waals surface area contributed by atoms with Crippen molar-refractivity contribution < 1.29 is 24.0 Å². The summed E-state index contributed by atoms with van der Waals surface area (Å²) in [6, 6.07) is 12.9. The number of carbonyl (C=O) groups is 3. The fraction of sp³-hybridized carbons (Fsp3) is 0.286. The second kappa shape index (κ2) is 9.64. The lowest BCUT2D eigenvalue weighted by molar-refractivity contribution is -0.384. The number of rotatable bonds is 7. The van der Waals surface area contributed by atoms with Gasteiger partial charge < -0.3 is 9.64 Å². The Morgan fingerprint density at radius 3 is 2.40 bits per heavy atom. The van der Waals surface area contributed by atoms with E-state index in [0.717, 1.165) is 37.6 Å². The summed E-state index contributed by atoms with van der Waals surface area (Å²) in [6.07, 6.45) is 1.93. The maximum absolute atomic E-state index is 12.5. The topological polar surface area (TPSA) is 119 Å². The summed E-state index contributed by atoms with van der Waals surface area (Å²) < 4.78 is 5.02. The first kappa shape index (κ1) is 21.0. The number of nitrogens with one attached hydrogen (secondary N) is 1. The minimum Gasteiger partial charge on any atom is -0.452 e. The molecule has 2 aromatic carbocycles. The molecule has 0 radical (unpaired) electrons. The molecule has 1 aliphatic heterocycles. The van der Waals surface area contributed by atoms with Gasteiger partial charge in [-0.2, -0.15) is 0 Å². The fourth-order valence-corrected chi connectivity index (χ4v) is 3.26. The van der Waals surface area contributed by atoms with Gasteiger partial charge in [0.1, 0.15) is 0 Å². The molecule has 9 heteroatoms. The Bertz CT molecular complexity index is 954. The molecule has 0 aromatic heterocycles. The Morgan fingerprint density at radius 1 is 1.03 bits per heavy atom. The molecule has 156 valence electrons. The molecule has 1 heterocycles. The molecular formula is C21H21N3O6. The summed E-state index contributed by atoms with van der Waals surface area (Å²) in [4.78, 5) is 48.9. The van der Waals surface area contributed by atoms with E-state index in [0.29, 0.717) is 5.69 Å². The van der Waals surface area contributed by atoms with E-state index >= 15 is 0 Å². The number of benzene rings is 2. The second-order valence-corrected chi connectivity index (χ2v) is 6.86. The van der Waals surface area contributed by atoms with Crippen molar-refractivity contribution in [2.24, 2.45) is 0 Å². The molecule has 0 atom stereocenters. The second-order valence-electron chi connectivity index (χ2n) is 6.86. The van der Waals surface area contributed by atoms with Crippen molar-refractivity contribution in [3.05, 3.63) is 69.8 Å². The van der Waals surface area contributed by atoms with Gasteiger partial charge in [-0.3, -0.25) is 25.0 Å². The van der Waals surface area contributed by atoms with E-state index in [4.69, 9.17) is 4.74 Å². The van der Waals surface area contributed by atoms with Gasteiger partial charge in [0.15, 0.2) is 6.61 Å². The number of amides is 2. The van der Waals surface area contributed by atoms with Gasteiger partial charge in [0, 0.05) is 25.2 Å². The van der Waals surface area contributed by atoms with Gasteiger partial charge in [-0.1, -0.05) is 30.3 Å². The zero-order chi connectivity index (χ0) is 21.5. The van der Waals surface area contributed by atoms with Crippen molar-refractivity contribution in [2.75, 3.05) is 24.6 Å². The van der Waals surface area contributed by atoms with Crippen molar-refractivity contribution in [3.63, 3.8) is 0 Å². The summed E-state index contributed by atoms with van der Waals surface area (Å²) in [5.74, 6) is -2.14. The van der Waals surface area contributed by atoms with Gasteiger partial charge >= 0.3 is 5.97 Å². The third-order valence-corrected chi connectivity index (χ3v) is 4.68. The monoisotopic (exact) mass is 411 g/mol. The number of non-ortho nitro benzene ring substituents is 1. The Balaban J connectivity index is 1.62. The molecule has 1 N–H and O–H groups in total. The molecular weight excluding hydrogens is 390 g/mol. The number of esters is 1. The van der Waals surface area contributed by atoms with E-state index in [2.05, 4.69) is 5.32 Å². The lowest BCUT2D eigenvalue weighted by Gasteiger charge is -2.20. The maximum atomic E-state index is 12.5. The first-order chi connectivity index (χ1) is 14.4. The number of nitro groups is 1. The average molecular weight is 411 g/mol. The highest BCUT2D eigenvalue weighted by molar-refractivity contribution is 6.00. The molecule has 2 aromatic rings. The molecule has 0 unspecified atom stereocenters. The predicted octanol–water partition coefficient (Wildman–Crippen LogP) is 2.24. The third-order valence-electron chi connectivity index (χ3n) is 4.68. The first-order valence-corrected chi connectivity index (χ1v) is 9.51. The van der Waals surface area contributed by atoms with E-state index in [1.54, 1.807) is 24.3 Å². The fourth-order valence-electron chi connectivity index (χ4n) is 3.26. The molecule has 30 heavy (non-hydrogen) atoms. The summed E-state index contributed by atoms with van der Waals surface area (Å²) in [5.41, 5.74) is 1.05. The zero-order valence-corrected chi connectivity index (χ0v) is 16.2. The predicted molar refractivity (Wildman–Crippen MR) is 108 cm³/mol. The van der Waals surface area contributed by atoms with Gasteiger partial charge in [0.2, 0.25) is 5.91 Å². The quantitative estimate of drug-likeness (QED) is 0.422. The summed E-state index contributed by atoms with van der Waals surface area (Å²) in [7, 11) is 0. The largest absolute Gasteiger partial charge is 0.452 e. The average Bonchev–Trinajstić information content (AvgIpc) is 3.27. The molecule has 3 rings (SSSR count). The van der Waals surface area contributed by atoms with Crippen molar-refractivity contribution in [3.8, 4) is 0 Å². The van der Waals surface area contributed by atoms with Crippen LogP contribution >= 0.6 is 0 Å². The molecule has 1 fully saturated rings. The number of hydrogen-bond donors (Lipinski definition) is 1. The van der Waals surface area contributed by atoms with Gasteiger partial charge in [-0.15, -0.1) is 0 Å². The van der Waals surface area contributed by atoms with Crippen LogP contribution in [0.5, 0.6) is 0 Å². The highest BCUT2D eigenvalue weighted by atomic mass is 16.6. The summed E-state index contributed by atoms with van der Waals surface area (Å²) in [6.45, 7) is 0.792. The number of hydrogen-bond acceptors (Lipinski definition) is 7. The first-order valence-electron chi connectivity index (χ1n) is 9.51. The molecule has 0 bridgehead atoms. The molecule has 1 saturated heterocycles. The summed E-state index contributed by atoms with van der Waals surface area (Å²) >= 11 is 0. The lowest BCUT2D eigenvalue weighted by Crippen LogP contribution is -2.35. The highest BCUT2D eigenvalue weighted by Crippen LogP contribution is 2.28. The normalized spacial score (nSPS) is 13.0. The van der Waals surface area contributed by atoms with Crippen LogP contribution in [0.2, 0.25) is 0 Å². The van der Waals surface area contributed by atoms with Crippen LogP contribution in [0, 0.1) is 10.1 Å². The third kappa shape index (κ3) is 5.40. The Hall–Kier alpha value is -3.75. The molecule has 0 aliphatic carbocycles. The minimum absolute atomic E-state index is 0.0184. The zero-order valence-electron chi connectivity index (χ0n) is 16.2. The van der Waals surface area contributed by atoms with Crippen LogP contribution in [0.1, 0.15) is 28.8 Å². The van der Waals surface area contributed by atoms with Gasteiger partial charge in [0.05, 0.1) is 22.6 Å².